The molecule has 0 amide bonds. The molecule has 0 N–H and O–H groups in total. The third-order valence-electron chi connectivity index (χ3n) is 1.60. The Bertz CT molecular complexity index is 371. The normalized spacial score (nSPS) is 9.18. The lowest BCUT2D eigenvalue weighted by Crippen LogP contribution is -2.10. The van der Waals surface area contributed by atoms with Crippen molar-refractivity contribution in [2.24, 2.45) is 7.05 Å². The summed E-state index contributed by atoms with van der Waals surface area (Å²) in [5, 5.41) is 8.47. The van der Waals surface area contributed by atoms with Crippen molar-refractivity contribution >= 4 is 0 Å². The third kappa shape index (κ3) is 1.30. The Morgan fingerprint density at radius 3 is 2.82 bits per heavy atom. The highest BCUT2D eigenvalue weighted by molar-refractivity contribution is 5.27. The number of aromatic nitrogens is 1. The smallest absolute Gasteiger partial charge is 0.199 e. The van der Waals surface area contributed by atoms with Crippen molar-refractivity contribution in [1.82, 2.24) is 4.57 Å². The molecule has 56 valence electrons. The molecular formula is C8H8N2O. The molecule has 0 bridgehead atoms. The first-order chi connectivity index (χ1) is 5.15. The Kier molecular flexibility index (Phi) is 1.77. The van der Waals surface area contributed by atoms with Crippen molar-refractivity contribution in [3.05, 3.63) is 33.7 Å². The zero-order chi connectivity index (χ0) is 8.43. The fourth-order valence-electron chi connectivity index (χ4n) is 0.812. The van der Waals surface area contributed by atoms with Gasteiger partial charge in [0, 0.05) is 25.0 Å². The SMILES string of the molecule is Cc1cc(=O)c(C#N)cn1C. The van der Waals surface area contributed by atoms with Gasteiger partial charge in [0.05, 0.1) is 0 Å². The molecule has 0 aromatic carbocycles. The van der Waals surface area contributed by atoms with E-state index in [9.17, 15) is 4.79 Å². The monoisotopic (exact) mass is 148 g/mol. The molecule has 1 rings (SSSR count). The van der Waals surface area contributed by atoms with Crippen LogP contribution in [0.15, 0.2) is 17.1 Å². The van der Waals surface area contributed by atoms with Crippen molar-refractivity contribution in [3.8, 4) is 6.07 Å². The van der Waals surface area contributed by atoms with Crippen LogP contribution < -0.4 is 5.43 Å². The van der Waals surface area contributed by atoms with E-state index < -0.39 is 0 Å². The van der Waals surface area contributed by atoms with Gasteiger partial charge < -0.3 is 4.57 Å². The number of pyridine rings is 1. The molecule has 0 saturated heterocycles. The maximum absolute atomic E-state index is 11.0. The molecule has 0 fully saturated rings. The Morgan fingerprint density at radius 1 is 1.64 bits per heavy atom. The van der Waals surface area contributed by atoms with Gasteiger partial charge in [0.25, 0.3) is 0 Å². The zero-order valence-electron chi connectivity index (χ0n) is 6.46. The third-order valence-corrected chi connectivity index (χ3v) is 1.60. The zero-order valence-corrected chi connectivity index (χ0v) is 6.46. The molecule has 3 heteroatoms. The molecule has 3 nitrogen and oxygen atoms in total. The van der Waals surface area contributed by atoms with Crippen LogP contribution in [0.1, 0.15) is 11.3 Å². The van der Waals surface area contributed by atoms with Gasteiger partial charge in [-0.1, -0.05) is 0 Å². The van der Waals surface area contributed by atoms with E-state index in [4.69, 9.17) is 5.26 Å². The van der Waals surface area contributed by atoms with Crippen molar-refractivity contribution in [2.45, 2.75) is 6.92 Å². The number of nitrogens with zero attached hydrogens (tertiary/aromatic N) is 2. The van der Waals surface area contributed by atoms with Crippen molar-refractivity contribution in [1.29, 1.82) is 5.26 Å². The fourth-order valence-corrected chi connectivity index (χ4v) is 0.812. The minimum atomic E-state index is -0.205. The van der Waals surface area contributed by atoms with E-state index in [2.05, 4.69) is 0 Å². The lowest BCUT2D eigenvalue weighted by molar-refractivity contribution is 0.849. The summed E-state index contributed by atoms with van der Waals surface area (Å²) in [5.74, 6) is 0. The van der Waals surface area contributed by atoms with E-state index in [-0.39, 0.29) is 11.0 Å². The molecule has 1 aromatic heterocycles. The summed E-state index contributed by atoms with van der Waals surface area (Å²) in [4.78, 5) is 11.0. The van der Waals surface area contributed by atoms with E-state index >= 15 is 0 Å². The second kappa shape index (κ2) is 2.59. The highest BCUT2D eigenvalue weighted by Crippen LogP contribution is 1.93. The minimum absolute atomic E-state index is 0.193. The highest BCUT2D eigenvalue weighted by Gasteiger charge is 1.98. The number of hydrogen-bond acceptors (Lipinski definition) is 2. The number of nitriles is 1. The maximum Gasteiger partial charge on any atom is 0.199 e. The summed E-state index contributed by atoms with van der Waals surface area (Å²) in [6, 6.07) is 3.29. The maximum atomic E-state index is 11.0. The number of rotatable bonds is 0. The Hall–Kier alpha value is -1.56. The Balaban J connectivity index is 3.48. The molecule has 0 aliphatic carbocycles. The molecule has 0 unspecified atom stereocenters. The topological polar surface area (TPSA) is 45.8 Å². The second-order valence-corrected chi connectivity index (χ2v) is 2.42. The lowest BCUT2D eigenvalue weighted by Gasteiger charge is -2.01. The summed E-state index contributed by atoms with van der Waals surface area (Å²) in [5.41, 5.74) is 0.843. The molecule has 1 aromatic rings. The van der Waals surface area contributed by atoms with Crippen LogP contribution in [0, 0.1) is 18.3 Å². The van der Waals surface area contributed by atoms with Crippen LogP contribution in [0.5, 0.6) is 0 Å². The molecule has 0 aliphatic rings. The lowest BCUT2D eigenvalue weighted by atomic mass is 10.2. The average Bonchev–Trinajstić information content (AvgIpc) is 1.97. The van der Waals surface area contributed by atoms with Crippen LogP contribution in [0.25, 0.3) is 0 Å². The van der Waals surface area contributed by atoms with Gasteiger partial charge in [-0.2, -0.15) is 5.26 Å². The van der Waals surface area contributed by atoms with Gasteiger partial charge in [-0.3, -0.25) is 4.79 Å². The van der Waals surface area contributed by atoms with Crippen LogP contribution >= 0.6 is 0 Å². The van der Waals surface area contributed by atoms with Crippen molar-refractivity contribution in [2.75, 3.05) is 0 Å². The molecule has 0 aliphatic heterocycles. The minimum Gasteiger partial charge on any atom is -0.353 e. The fraction of sp³-hybridized carbons (Fsp3) is 0.250. The largest absolute Gasteiger partial charge is 0.353 e. The number of aryl methyl sites for hydroxylation is 2. The Labute approximate surface area is 64.5 Å². The first-order valence-electron chi connectivity index (χ1n) is 3.22. The summed E-state index contributed by atoms with van der Waals surface area (Å²) >= 11 is 0. The van der Waals surface area contributed by atoms with Gasteiger partial charge in [-0.05, 0) is 6.92 Å². The Morgan fingerprint density at radius 2 is 2.27 bits per heavy atom. The van der Waals surface area contributed by atoms with Crippen LogP contribution in [0.4, 0.5) is 0 Å². The summed E-state index contributed by atoms with van der Waals surface area (Å²) in [7, 11) is 1.80. The van der Waals surface area contributed by atoms with E-state index in [0.29, 0.717) is 0 Å². The average molecular weight is 148 g/mol. The molecule has 0 saturated carbocycles. The number of hydrogen-bond donors (Lipinski definition) is 0. The van der Waals surface area contributed by atoms with Crippen molar-refractivity contribution < 1.29 is 0 Å². The van der Waals surface area contributed by atoms with E-state index in [1.807, 2.05) is 13.0 Å². The van der Waals surface area contributed by atoms with Crippen LogP contribution in [-0.2, 0) is 7.05 Å². The van der Waals surface area contributed by atoms with Gasteiger partial charge in [0.1, 0.15) is 11.6 Å². The van der Waals surface area contributed by atoms with Gasteiger partial charge >= 0.3 is 0 Å². The summed E-state index contributed by atoms with van der Waals surface area (Å²) in [6.45, 7) is 1.82. The summed E-state index contributed by atoms with van der Waals surface area (Å²) < 4.78 is 1.75. The first-order valence-corrected chi connectivity index (χ1v) is 3.22. The van der Waals surface area contributed by atoms with Gasteiger partial charge in [-0.25, -0.2) is 0 Å². The first kappa shape index (κ1) is 7.55. The van der Waals surface area contributed by atoms with Gasteiger partial charge in [0.15, 0.2) is 5.43 Å². The molecule has 11 heavy (non-hydrogen) atoms. The van der Waals surface area contributed by atoms with Gasteiger partial charge in [0.2, 0.25) is 0 Å². The molecule has 0 spiro atoms. The van der Waals surface area contributed by atoms with E-state index in [1.165, 1.54) is 12.3 Å². The van der Waals surface area contributed by atoms with E-state index in [0.717, 1.165) is 5.69 Å². The molecular weight excluding hydrogens is 140 g/mol. The summed E-state index contributed by atoms with van der Waals surface area (Å²) in [6.07, 6.45) is 1.54. The predicted octanol–water partition coefficient (Wildman–Crippen LogP) is 0.565. The van der Waals surface area contributed by atoms with E-state index in [1.54, 1.807) is 11.6 Å². The highest BCUT2D eigenvalue weighted by atomic mass is 16.1. The van der Waals surface area contributed by atoms with Crippen LogP contribution in [0.3, 0.4) is 0 Å². The van der Waals surface area contributed by atoms with Crippen LogP contribution in [0.2, 0.25) is 0 Å². The van der Waals surface area contributed by atoms with Crippen LogP contribution in [-0.4, -0.2) is 4.57 Å². The molecule has 0 radical (unpaired) electrons. The molecule has 1 heterocycles. The van der Waals surface area contributed by atoms with Gasteiger partial charge in [-0.15, -0.1) is 0 Å². The molecule has 0 atom stereocenters. The standard InChI is InChI=1S/C8H8N2O/c1-6-3-8(11)7(4-9)5-10(6)2/h3,5H,1-2H3. The second-order valence-electron chi connectivity index (χ2n) is 2.42. The quantitative estimate of drug-likeness (QED) is 0.539. The van der Waals surface area contributed by atoms with Crippen molar-refractivity contribution in [3.63, 3.8) is 0 Å². The predicted molar refractivity (Wildman–Crippen MR) is 41.1 cm³/mol.